The summed E-state index contributed by atoms with van der Waals surface area (Å²) in [4.78, 5) is 15.8. The van der Waals surface area contributed by atoms with Crippen LogP contribution in [0.5, 0.6) is 5.75 Å². The van der Waals surface area contributed by atoms with Gasteiger partial charge in [0, 0.05) is 18.0 Å². The van der Waals surface area contributed by atoms with Crippen LogP contribution in [-0.4, -0.2) is 23.7 Å². The molecule has 2 rings (SSSR count). The van der Waals surface area contributed by atoms with Crippen LogP contribution in [0.4, 0.5) is 0 Å². The number of nitrogens with zero attached hydrogens (tertiary/aromatic N) is 2. The molecule has 1 heterocycles. The first-order valence-corrected chi connectivity index (χ1v) is 6.51. The third kappa shape index (κ3) is 3.66. The zero-order chi connectivity index (χ0) is 15.2. The number of ether oxygens (including phenoxy) is 1. The molecule has 1 N–H and O–H groups in total. The van der Waals surface area contributed by atoms with Crippen molar-refractivity contribution in [3.05, 3.63) is 59.4 Å². The topological polar surface area (TPSA) is 63.6 Å². The molecule has 0 aliphatic carbocycles. The molecule has 5 heteroatoms. The number of hydrazone groups is 1. The van der Waals surface area contributed by atoms with E-state index in [1.54, 1.807) is 25.4 Å². The Kier molecular flexibility index (Phi) is 4.66. The molecule has 0 saturated carbocycles. The summed E-state index contributed by atoms with van der Waals surface area (Å²) in [5.41, 5.74) is 5.61. The van der Waals surface area contributed by atoms with Crippen LogP contribution in [0.25, 0.3) is 0 Å². The van der Waals surface area contributed by atoms with Crippen LogP contribution in [0.15, 0.2) is 47.8 Å². The highest BCUT2D eigenvalue weighted by Gasteiger charge is 2.08. The summed E-state index contributed by atoms with van der Waals surface area (Å²) in [6.45, 7) is 3.81. The number of aryl methyl sites for hydroxylation is 1. The van der Waals surface area contributed by atoms with Gasteiger partial charge in [-0.25, -0.2) is 5.43 Å². The summed E-state index contributed by atoms with van der Waals surface area (Å²) in [6, 6.07) is 9.19. The van der Waals surface area contributed by atoms with E-state index in [-0.39, 0.29) is 5.91 Å². The van der Waals surface area contributed by atoms with Crippen molar-refractivity contribution in [3.63, 3.8) is 0 Å². The summed E-state index contributed by atoms with van der Waals surface area (Å²) >= 11 is 0. The molecule has 21 heavy (non-hydrogen) atoms. The number of rotatable bonds is 4. The smallest absolute Gasteiger partial charge is 0.272 e. The van der Waals surface area contributed by atoms with Gasteiger partial charge in [-0.1, -0.05) is 11.6 Å². The number of benzene rings is 1. The maximum atomic E-state index is 11.9. The van der Waals surface area contributed by atoms with Crippen LogP contribution in [0.1, 0.15) is 28.4 Å². The molecule has 1 aromatic heterocycles. The summed E-state index contributed by atoms with van der Waals surface area (Å²) in [5.74, 6) is 0.423. The first-order chi connectivity index (χ1) is 10.1. The maximum Gasteiger partial charge on any atom is 0.272 e. The lowest BCUT2D eigenvalue weighted by Gasteiger charge is -2.09. The Morgan fingerprint density at radius 3 is 2.81 bits per heavy atom. The average molecular weight is 283 g/mol. The molecular formula is C16H17N3O2. The molecule has 1 aromatic carbocycles. The minimum Gasteiger partial charge on any atom is -0.496 e. The van der Waals surface area contributed by atoms with Crippen molar-refractivity contribution in [2.45, 2.75) is 13.8 Å². The molecule has 2 aromatic rings. The monoisotopic (exact) mass is 283 g/mol. The number of aromatic nitrogens is 1. The number of methoxy groups -OCH3 is 1. The van der Waals surface area contributed by atoms with Crippen molar-refractivity contribution in [3.8, 4) is 5.75 Å². The first-order valence-electron chi connectivity index (χ1n) is 6.51. The largest absolute Gasteiger partial charge is 0.496 e. The zero-order valence-corrected chi connectivity index (χ0v) is 12.3. The highest BCUT2D eigenvalue weighted by atomic mass is 16.5. The minimum absolute atomic E-state index is 0.297. The molecule has 0 bridgehead atoms. The van der Waals surface area contributed by atoms with E-state index < -0.39 is 0 Å². The first kappa shape index (κ1) is 14.7. The van der Waals surface area contributed by atoms with E-state index in [1.807, 2.05) is 32.0 Å². The fraction of sp³-hybridized carbons (Fsp3) is 0.188. The Morgan fingerprint density at radius 2 is 2.14 bits per heavy atom. The SMILES string of the molecule is COc1ccc(C)cc1/C(C)=N\NC(=O)c1cccnc1. The van der Waals surface area contributed by atoms with Gasteiger partial charge in [-0.15, -0.1) is 0 Å². The number of nitrogens with one attached hydrogen (secondary N) is 1. The van der Waals surface area contributed by atoms with Crippen molar-refractivity contribution < 1.29 is 9.53 Å². The van der Waals surface area contributed by atoms with E-state index in [0.29, 0.717) is 11.3 Å². The van der Waals surface area contributed by atoms with Gasteiger partial charge in [-0.3, -0.25) is 9.78 Å². The van der Waals surface area contributed by atoms with E-state index in [2.05, 4.69) is 15.5 Å². The molecule has 1 amide bonds. The van der Waals surface area contributed by atoms with Gasteiger partial charge >= 0.3 is 0 Å². The molecule has 0 aliphatic heterocycles. The number of amides is 1. The molecule has 0 fully saturated rings. The van der Waals surface area contributed by atoms with Gasteiger partial charge < -0.3 is 4.74 Å². The predicted molar refractivity (Wildman–Crippen MR) is 81.6 cm³/mol. The molecule has 0 atom stereocenters. The van der Waals surface area contributed by atoms with Crippen molar-refractivity contribution in [2.24, 2.45) is 5.10 Å². The summed E-state index contributed by atoms with van der Waals surface area (Å²) < 4.78 is 5.31. The van der Waals surface area contributed by atoms with Crippen LogP contribution >= 0.6 is 0 Å². The highest BCUT2D eigenvalue weighted by Crippen LogP contribution is 2.20. The predicted octanol–water partition coefficient (Wildman–Crippen LogP) is 2.55. The maximum absolute atomic E-state index is 11.9. The molecule has 0 aliphatic rings. The Bertz CT molecular complexity index is 666. The van der Waals surface area contributed by atoms with Gasteiger partial charge in [0.15, 0.2) is 0 Å². The Morgan fingerprint density at radius 1 is 1.33 bits per heavy atom. The quantitative estimate of drug-likeness (QED) is 0.693. The van der Waals surface area contributed by atoms with Gasteiger partial charge in [-0.2, -0.15) is 5.10 Å². The summed E-state index contributed by atoms with van der Waals surface area (Å²) in [5, 5.41) is 4.13. The zero-order valence-electron chi connectivity index (χ0n) is 12.3. The second-order valence-electron chi connectivity index (χ2n) is 4.58. The number of carbonyl (C=O) groups excluding carboxylic acids is 1. The van der Waals surface area contributed by atoms with Crippen LogP contribution in [-0.2, 0) is 0 Å². The molecule has 0 radical (unpaired) electrons. The lowest BCUT2D eigenvalue weighted by molar-refractivity contribution is 0.0954. The molecule has 108 valence electrons. The van der Waals surface area contributed by atoms with Crippen molar-refractivity contribution in [1.29, 1.82) is 0 Å². The Labute approximate surface area is 123 Å². The molecule has 5 nitrogen and oxygen atoms in total. The molecule has 0 spiro atoms. The Hall–Kier alpha value is -2.69. The fourth-order valence-electron chi connectivity index (χ4n) is 1.86. The van der Waals surface area contributed by atoms with E-state index in [1.165, 1.54) is 6.20 Å². The number of hydrogen-bond acceptors (Lipinski definition) is 4. The number of carbonyl (C=O) groups is 1. The van der Waals surface area contributed by atoms with Crippen LogP contribution in [0.3, 0.4) is 0 Å². The van der Waals surface area contributed by atoms with Crippen LogP contribution in [0.2, 0.25) is 0 Å². The lowest BCUT2D eigenvalue weighted by Crippen LogP contribution is -2.19. The van der Waals surface area contributed by atoms with E-state index in [0.717, 1.165) is 16.9 Å². The molecular weight excluding hydrogens is 266 g/mol. The van der Waals surface area contributed by atoms with E-state index in [9.17, 15) is 4.79 Å². The van der Waals surface area contributed by atoms with Crippen molar-refractivity contribution in [2.75, 3.05) is 7.11 Å². The highest BCUT2D eigenvalue weighted by molar-refractivity contribution is 6.02. The second kappa shape index (κ2) is 6.65. The molecule has 0 saturated heterocycles. The Balaban J connectivity index is 2.18. The normalized spacial score (nSPS) is 11.1. The average Bonchev–Trinajstić information content (AvgIpc) is 2.53. The molecule has 0 unspecified atom stereocenters. The third-order valence-electron chi connectivity index (χ3n) is 2.99. The second-order valence-corrected chi connectivity index (χ2v) is 4.58. The van der Waals surface area contributed by atoms with Gasteiger partial charge in [-0.05, 0) is 38.1 Å². The third-order valence-corrected chi connectivity index (χ3v) is 2.99. The van der Waals surface area contributed by atoms with Crippen LogP contribution in [0, 0.1) is 6.92 Å². The van der Waals surface area contributed by atoms with Crippen molar-refractivity contribution in [1.82, 2.24) is 10.4 Å². The van der Waals surface area contributed by atoms with E-state index >= 15 is 0 Å². The van der Waals surface area contributed by atoms with E-state index in [4.69, 9.17) is 4.74 Å². The van der Waals surface area contributed by atoms with Gasteiger partial charge in [0.05, 0.1) is 18.4 Å². The summed E-state index contributed by atoms with van der Waals surface area (Å²) in [7, 11) is 1.61. The fourth-order valence-corrected chi connectivity index (χ4v) is 1.86. The van der Waals surface area contributed by atoms with Gasteiger partial charge in [0.25, 0.3) is 5.91 Å². The number of pyridine rings is 1. The summed E-state index contributed by atoms with van der Waals surface area (Å²) in [6.07, 6.45) is 3.11. The number of hydrogen-bond donors (Lipinski definition) is 1. The van der Waals surface area contributed by atoms with Gasteiger partial charge in [0.1, 0.15) is 5.75 Å². The van der Waals surface area contributed by atoms with Crippen LogP contribution < -0.4 is 10.2 Å². The lowest BCUT2D eigenvalue weighted by atomic mass is 10.1. The van der Waals surface area contributed by atoms with Gasteiger partial charge in [0.2, 0.25) is 0 Å². The van der Waals surface area contributed by atoms with Crippen molar-refractivity contribution >= 4 is 11.6 Å². The standard InChI is InChI=1S/C16H17N3O2/c1-11-6-7-15(21-3)14(9-11)12(2)18-19-16(20)13-5-4-8-17-10-13/h4-10H,1-3H3,(H,19,20)/b18-12-. The minimum atomic E-state index is -0.297.